The summed E-state index contributed by atoms with van der Waals surface area (Å²) in [5.41, 5.74) is 8.30. The van der Waals surface area contributed by atoms with Crippen LogP contribution >= 0.6 is 0 Å². The molecular weight excluding hydrogens is 228 g/mol. The van der Waals surface area contributed by atoms with Gasteiger partial charge in [-0.1, -0.05) is 19.1 Å². The minimum Gasteiger partial charge on any atom is -0.394 e. The van der Waals surface area contributed by atoms with Gasteiger partial charge in [-0.15, -0.1) is 0 Å². The fraction of sp³-hybridized carbons (Fsp3) is 0.571. The lowest BCUT2D eigenvalue weighted by atomic mass is 10.1. The van der Waals surface area contributed by atoms with Crippen LogP contribution in [-0.4, -0.2) is 38.5 Å². The largest absolute Gasteiger partial charge is 0.394 e. The predicted molar refractivity (Wildman–Crippen MR) is 74.8 cm³/mol. The molecule has 102 valence electrons. The summed E-state index contributed by atoms with van der Waals surface area (Å²) in [6.07, 6.45) is 0.949. The van der Waals surface area contributed by atoms with Gasteiger partial charge in [0, 0.05) is 25.3 Å². The van der Waals surface area contributed by atoms with Gasteiger partial charge in [0.2, 0.25) is 0 Å². The van der Waals surface area contributed by atoms with E-state index >= 15 is 0 Å². The van der Waals surface area contributed by atoms with Crippen LogP contribution in [0.15, 0.2) is 24.3 Å². The fourth-order valence-electron chi connectivity index (χ4n) is 1.71. The molecular formula is C14H24N2O2. The summed E-state index contributed by atoms with van der Waals surface area (Å²) in [6, 6.07) is 8.44. The highest BCUT2D eigenvalue weighted by Crippen LogP contribution is 2.18. The summed E-state index contributed by atoms with van der Waals surface area (Å²) >= 11 is 0. The van der Waals surface area contributed by atoms with Crippen LogP contribution in [0.2, 0.25) is 0 Å². The van der Waals surface area contributed by atoms with Crippen molar-refractivity contribution >= 4 is 5.69 Å². The highest BCUT2D eigenvalue weighted by molar-refractivity contribution is 5.47. The smallest absolute Gasteiger partial charge is 0.0698 e. The molecule has 0 aromatic heterocycles. The molecule has 1 aromatic rings. The molecule has 0 saturated heterocycles. The Kier molecular flexibility index (Phi) is 6.72. The van der Waals surface area contributed by atoms with Crippen LogP contribution < -0.4 is 10.6 Å². The Morgan fingerprint density at radius 3 is 2.50 bits per heavy atom. The number of anilines is 1. The average Bonchev–Trinajstić information content (AvgIpc) is 2.42. The zero-order valence-electron chi connectivity index (χ0n) is 11.3. The number of hydrogen-bond acceptors (Lipinski definition) is 4. The monoisotopic (exact) mass is 252 g/mol. The number of hydrogen-bond donors (Lipinski definition) is 2. The highest BCUT2D eigenvalue weighted by Gasteiger charge is 2.04. The summed E-state index contributed by atoms with van der Waals surface area (Å²) in [7, 11) is 2.02. The molecule has 0 heterocycles. The highest BCUT2D eigenvalue weighted by atomic mass is 16.5. The Morgan fingerprint density at radius 2 is 1.94 bits per heavy atom. The molecule has 0 spiro atoms. The molecule has 0 saturated carbocycles. The van der Waals surface area contributed by atoms with Crippen molar-refractivity contribution in [1.29, 1.82) is 0 Å². The second-order valence-corrected chi connectivity index (χ2v) is 4.36. The third-order valence-corrected chi connectivity index (χ3v) is 3.01. The van der Waals surface area contributed by atoms with E-state index in [1.165, 1.54) is 5.56 Å². The molecule has 0 aliphatic heterocycles. The van der Waals surface area contributed by atoms with Crippen molar-refractivity contribution in [3.63, 3.8) is 0 Å². The summed E-state index contributed by atoms with van der Waals surface area (Å²) in [5, 5.41) is 8.60. The van der Waals surface area contributed by atoms with Crippen molar-refractivity contribution in [3.8, 4) is 0 Å². The molecule has 0 aliphatic rings. The van der Waals surface area contributed by atoms with Crippen LogP contribution in [0, 0.1) is 0 Å². The maximum absolute atomic E-state index is 8.60. The number of likely N-dealkylation sites (N-methyl/N-ethyl adjacent to an activating group) is 1. The minimum absolute atomic E-state index is 0.0767. The first-order valence-corrected chi connectivity index (χ1v) is 6.44. The Morgan fingerprint density at radius 1 is 1.28 bits per heavy atom. The van der Waals surface area contributed by atoms with Crippen molar-refractivity contribution < 1.29 is 9.84 Å². The second-order valence-electron chi connectivity index (χ2n) is 4.36. The number of ether oxygens (including phenoxy) is 1. The molecule has 0 aliphatic carbocycles. The first-order valence-electron chi connectivity index (χ1n) is 6.44. The molecule has 1 rings (SSSR count). The van der Waals surface area contributed by atoms with Crippen LogP contribution in [0.25, 0.3) is 0 Å². The zero-order valence-corrected chi connectivity index (χ0v) is 11.3. The Hall–Kier alpha value is -1.10. The summed E-state index contributed by atoms with van der Waals surface area (Å²) < 4.78 is 5.24. The maximum Gasteiger partial charge on any atom is 0.0698 e. The lowest BCUT2D eigenvalue weighted by Crippen LogP contribution is -2.23. The number of benzene rings is 1. The number of rotatable bonds is 8. The van der Waals surface area contributed by atoms with Gasteiger partial charge in [-0.3, -0.25) is 0 Å². The van der Waals surface area contributed by atoms with Gasteiger partial charge in [0.1, 0.15) is 0 Å². The third kappa shape index (κ3) is 4.64. The zero-order chi connectivity index (χ0) is 13.4. The van der Waals surface area contributed by atoms with E-state index in [1.807, 2.05) is 7.05 Å². The van der Waals surface area contributed by atoms with E-state index in [1.54, 1.807) is 0 Å². The van der Waals surface area contributed by atoms with E-state index in [-0.39, 0.29) is 12.6 Å². The number of aliphatic hydroxyl groups is 1. The summed E-state index contributed by atoms with van der Waals surface area (Å²) in [6.45, 7) is 3.99. The standard InChI is InChI=1S/C14H24N2O2/c1-3-14(15)12-4-6-13(7-5-12)16(2)8-10-18-11-9-17/h4-7,14,17H,3,8-11,15H2,1-2H3/t14-/m1/s1. The summed E-state index contributed by atoms with van der Waals surface area (Å²) in [5.74, 6) is 0. The predicted octanol–water partition coefficient (Wildman–Crippen LogP) is 1.54. The van der Waals surface area contributed by atoms with Crippen molar-refractivity contribution in [3.05, 3.63) is 29.8 Å². The lowest BCUT2D eigenvalue weighted by molar-refractivity contribution is 0.0971. The van der Waals surface area contributed by atoms with E-state index in [4.69, 9.17) is 15.6 Å². The Balaban J connectivity index is 2.46. The van der Waals surface area contributed by atoms with Crippen LogP contribution in [0.1, 0.15) is 24.9 Å². The molecule has 0 radical (unpaired) electrons. The summed E-state index contributed by atoms with van der Waals surface area (Å²) in [4.78, 5) is 2.12. The third-order valence-electron chi connectivity index (χ3n) is 3.01. The van der Waals surface area contributed by atoms with Crippen LogP contribution in [0.5, 0.6) is 0 Å². The van der Waals surface area contributed by atoms with Crippen molar-refractivity contribution in [2.24, 2.45) is 5.73 Å². The van der Waals surface area contributed by atoms with Crippen molar-refractivity contribution in [1.82, 2.24) is 0 Å². The van der Waals surface area contributed by atoms with Gasteiger partial charge in [-0.05, 0) is 24.1 Å². The maximum atomic E-state index is 8.60. The quantitative estimate of drug-likeness (QED) is 0.689. The topological polar surface area (TPSA) is 58.7 Å². The molecule has 4 heteroatoms. The first kappa shape index (κ1) is 15.0. The minimum atomic E-state index is 0.0767. The van der Waals surface area contributed by atoms with E-state index in [0.717, 1.165) is 18.7 Å². The molecule has 4 nitrogen and oxygen atoms in total. The molecule has 3 N–H and O–H groups in total. The number of nitrogens with two attached hydrogens (primary N) is 1. The van der Waals surface area contributed by atoms with E-state index in [0.29, 0.717) is 13.2 Å². The Bertz CT molecular complexity index is 327. The van der Waals surface area contributed by atoms with Crippen molar-refractivity contribution in [2.75, 3.05) is 38.3 Å². The molecule has 0 bridgehead atoms. The number of nitrogens with zero attached hydrogens (tertiary/aromatic N) is 1. The normalized spacial score (nSPS) is 12.4. The van der Waals surface area contributed by atoms with Gasteiger partial charge in [0.05, 0.1) is 19.8 Å². The van der Waals surface area contributed by atoms with Crippen LogP contribution in [-0.2, 0) is 4.74 Å². The van der Waals surface area contributed by atoms with Crippen molar-refractivity contribution in [2.45, 2.75) is 19.4 Å². The molecule has 18 heavy (non-hydrogen) atoms. The van der Waals surface area contributed by atoms with E-state index in [9.17, 15) is 0 Å². The second kappa shape index (κ2) is 8.08. The van der Waals surface area contributed by atoms with Gasteiger partial charge in [-0.2, -0.15) is 0 Å². The molecule has 0 fully saturated rings. The van der Waals surface area contributed by atoms with E-state index in [2.05, 4.69) is 36.1 Å². The molecule has 0 amide bonds. The van der Waals surface area contributed by atoms with Gasteiger partial charge in [0.15, 0.2) is 0 Å². The SMILES string of the molecule is CC[C@@H](N)c1ccc(N(C)CCOCCO)cc1. The van der Waals surface area contributed by atoms with E-state index < -0.39 is 0 Å². The number of aliphatic hydroxyl groups excluding tert-OH is 1. The first-order chi connectivity index (χ1) is 8.69. The molecule has 1 aromatic carbocycles. The lowest BCUT2D eigenvalue weighted by Gasteiger charge is -2.20. The van der Waals surface area contributed by atoms with Crippen LogP contribution in [0.4, 0.5) is 5.69 Å². The average molecular weight is 252 g/mol. The fourth-order valence-corrected chi connectivity index (χ4v) is 1.71. The van der Waals surface area contributed by atoms with Gasteiger partial charge < -0.3 is 20.5 Å². The van der Waals surface area contributed by atoms with Crippen LogP contribution in [0.3, 0.4) is 0 Å². The van der Waals surface area contributed by atoms with Gasteiger partial charge >= 0.3 is 0 Å². The van der Waals surface area contributed by atoms with Gasteiger partial charge in [0.25, 0.3) is 0 Å². The van der Waals surface area contributed by atoms with Gasteiger partial charge in [-0.25, -0.2) is 0 Å². The molecule has 0 unspecified atom stereocenters. The molecule has 1 atom stereocenters. The Labute approximate surface area is 109 Å².